The number of rotatable bonds is 11. The molecule has 0 saturated carbocycles. The van der Waals surface area contributed by atoms with Gasteiger partial charge in [-0.3, -0.25) is 14.9 Å². The second-order valence-electron chi connectivity index (χ2n) is 7.74. The summed E-state index contributed by atoms with van der Waals surface area (Å²) >= 11 is 6.59. The molecule has 0 heterocycles. The van der Waals surface area contributed by atoms with Crippen molar-refractivity contribution in [1.29, 1.82) is 0 Å². The lowest BCUT2D eigenvalue weighted by Crippen LogP contribution is -2.18. The van der Waals surface area contributed by atoms with E-state index in [9.17, 15) is 28.1 Å². The van der Waals surface area contributed by atoms with E-state index in [1.165, 1.54) is 24.4 Å². The van der Waals surface area contributed by atoms with Crippen molar-refractivity contribution in [3.05, 3.63) is 96.9 Å². The number of nitro groups is 1. The molecule has 0 radical (unpaired) electrons. The number of hydrogen-bond acceptors (Lipinski definition) is 7. The Kier molecular flexibility index (Phi) is 10.3. The number of hydrogen-bond donors (Lipinski definition) is 1. The maximum Gasteiger partial charge on any atom is 0.416 e. The molecule has 0 spiro atoms. The van der Waals surface area contributed by atoms with Gasteiger partial charge in [-0.2, -0.15) is 18.3 Å². The average Bonchev–Trinajstić information content (AvgIpc) is 2.89. The second-order valence-corrected chi connectivity index (χ2v) is 9.51. The third-order valence-corrected chi connectivity index (χ3v) is 6.01. The van der Waals surface area contributed by atoms with Gasteiger partial charge in [0.25, 0.3) is 5.91 Å². The molecule has 210 valence electrons. The first-order valence-electron chi connectivity index (χ1n) is 11.3. The van der Waals surface area contributed by atoms with Gasteiger partial charge >= 0.3 is 11.9 Å². The van der Waals surface area contributed by atoms with Crippen molar-refractivity contribution in [3.63, 3.8) is 0 Å². The van der Waals surface area contributed by atoms with Crippen molar-refractivity contribution in [2.24, 2.45) is 5.10 Å². The SMILES string of the molecule is C=CCOc1ccc(C(=O)N/N=C/c2cc(Br)cc(Br)c2Oc2ccc(C(F)(F)F)cc2[N+](=O)[O-])cc1OCC. The van der Waals surface area contributed by atoms with Crippen LogP contribution in [0.4, 0.5) is 18.9 Å². The van der Waals surface area contributed by atoms with Crippen LogP contribution in [0.3, 0.4) is 0 Å². The Balaban J connectivity index is 1.88. The molecule has 3 rings (SSSR count). The van der Waals surface area contributed by atoms with Crippen LogP contribution >= 0.6 is 31.9 Å². The first-order chi connectivity index (χ1) is 18.9. The molecule has 0 saturated heterocycles. The summed E-state index contributed by atoms with van der Waals surface area (Å²) in [5, 5.41) is 15.4. The molecule has 3 aromatic carbocycles. The van der Waals surface area contributed by atoms with E-state index in [-0.39, 0.29) is 23.5 Å². The number of carbonyl (C=O) groups is 1. The summed E-state index contributed by atoms with van der Waals surface area (Å²) < 4.78 is 56.8. The molecule has 0 unspecified atom stereocenters. The largest absolute Gasteiger partial charge is 0.490 e. The topological polar surface area (TPSA) is 112 Å². The Morgan fingerprint density at radius 1 is 1.10 bits per heavy atom. The Hall–Kier alpha value is -3.91. The van der Waals surface area contributed by atoms with Crippen LogP contribution in [0.1, 0.15) is 28.4 Å². The summed E-state index contributed by atoms with van der Waals surface area (Å²) in [6.45, 7) is 5.96. The van der Waals surface area contributed by atoms with Crippen molar-refractivity contribution < 1.29 is 37.1 Å². The third kappa shape index (κ3) is 7.82. The van der Waals surface area contributed by atoms with E-state index in [1.54, 1.807) is 25.1 Å². The van der Waals surface area contributed by atoms with Gasteiger partial charge in [0.05, 0.1) is 27.8 Å². The molecule has 1 amide bonds. The van der Waals surface area contributed by atoms with Crippen LogP contribution in [-0.4, -0.2) is 30.3 Å². The Bertz CT molecular complexity index is 1460. The fourth-order valence-electron chi connectivity index (χ4n) is 3.23. The molecule has 1 N–H and O–H groups in total. The van der Waals surface area contributed by atoms with E-state index in [1.807, 2.05) is 0 Å². The number of hydrazone groups is 1. The molecule has 0 atom stereocenters. The molecule has 0 aromatic heterocycles. The van der Waals surface area contributed by atoms with Gasteiger partial charge in [0.2, 0.25) is 5.75 Å². The first kappa shape index (κ1) is 30.6. The predicted octanol–water partition coefficient (Wildman–Crippen LogP) is 7.66. The minimum Gasteiger partial charge on any atom is -0.490 e. The zero-order valence-electron chi connectivity index (χ0n) is 20.6. The van der Waals surface area contributed by atoms with Crippen LogP contribution in [0.15, 0.2) is 75.2 Å². The number of carbonyl (C=O) groups excluding carboxylic acids is 1. The minimum absolute atomic E-state index is 0.00594. The number of nitrogens with one attached hydrogen (secondary N) is 1. The Morgan fingerprint density at radius 2 is 1.82 bits per heavy atom. The standard InChI is InChI=1S/C26H20Br2F3N3O6/c1-3-9-39-22-7-5-15(11-23(22)38-4-2)25(35)33-32-14-16-10-18(27)13-19(28)24(16)40-21-8-6-17(26(29,30)31)12-20(21)34(36)37/h3,5-8,10-14H,1,4,9H2,2H3,(H,33,35)/b32-14+. The molecular formula is C26H20Br2F3N3O6. The molecule has 0 aliphatic rings. The van der Waals surface area contributed by atoms with Crippen molar-refractivity contribution in [1.82, 2.24) is 5.43 Å². The van der Waals surface area contributed by atoms with E-state index in [4.69, 9.17) is 14.2 Å². The van der Waals surface area contributed by atoms with E-state index in [2.05, 4.69) is 49.0 Å². The lowest BCUT2D eigenvalue weighted by molar-refractivity contribution is -0.385. The zero-order valence-corrected chi connectivity index (χ0v) is 23.8. The summed E-state index contributed by atoms with van der Waals surface area (Å²) in [5.41, 5.74) is 0.739. The van der Waals surface area contributed by atoms with Crippen molar-refractivity contribution in [3.8, 4) is 23.0 Å². The maximum absolute atomic E-state index is 13.1. The maximum atomic E-state index is 13.1. The minimum atomic E-state index is -4.78. The van der Waals surface area contributed by atoms with Crippen molar-refractivity contribution in [2.75, 3.05) is 13.2 Å². The molecule has 3 aromatic rings. The molecule has 40 heavy (non-hydrogen) atoms. The van der Waals surface area contributed by atoms with Gasteiger partial charge in [-0.25, -0.2) is 5.43 Å². The summed E-state index contributed by atoms with van der Waals surface area (Å²) in [7, 11) is 0. The molecule has 9 nitrogen and oxygen atoms in total. The number of ether oxygens (including phenoxy) is 3. The van der Waals surface area contributed by atoms with Gasteiger partial charge < -0.3 is 14.2 Å². The van der Waals surface area contributed by atoms with Crippen molar-refractivity contribution >= 4 is 49.7 Å². The zero-order chi connectivity index (χ0) is 29.4. The van der Waals surface area contributed by atoms with Gasteiger partial charge in [-0.05, 0) is 65.3 Å². The lowest BCUT2D eigenvalue weighted by Gasteiger charge is -2.13. The van der Waals surface area contributed by atoms with Gasteiger partial charge in [-0.1, -0.05) is 28.6 Å². The lowest BCUT2D eigenvalue weighted by atomic mass is 10.1. The monoisotopic (exact) mass is 685 g/mol. The first-order valence-corrected chi connectivity index (χ1v) is 12.9. The van der Waals surface area contributed by atoms with Crippen LogP contribution in [0, 0.1) is 10.1 Å². The molecule has 0 aliphatic carbocycles. The van der Waals surface area contributed by atoms with E-state index in [0.29, 0.717) is 39.2 Å². The number of alkyl halides is 3. The number of nitro benzene ring substituents is 1. The number of halogens is 5. The summed E-state index contributed by atoms with van der Waals surface area (Å²) in [6, 6.07) is 9.59. The second kappa shape index (κ2) is 13.4. The van der Waals surface area contributed by atoms with Crippen LogP contribution < -0.4 is 19.6 Å². The third-order valence-electron chi connectivity index (χ3n) is 4.96. The Morgan fingerprint density at radius 3 is 2.48 bits per heavy atom. The molecular weight excluding hydrogens is 667 g/mol. The van der Waals surface area contributed by atoms with E-state index in [0.717, 1.165) is 6.07 Å². The fourth-order valence-corrected chi connectivity index (χ4v) is 4.57. The summed E-state index contributed by atoms with van der Waals surface area (Å²) in [5.74, 6) is -0.221. The molecule has 14 heteroatoms. The van der Waals surface area contributed by atoms with Gasteiger partial charge in [0.15, 0.2) is 17.2 Å². The van der Waals surface area contributed by atoms with Crippen LogP contribution in [0.5, 0.6) is 23.0 Å². The highest BCUT2D eigenvalue weighted by molar-refractivity contribution is 9.11. The van der Waals surface area contributed by atoms with Gasteiger partial charge in [0.1, 0.15) is 6.61 Å². The van der Waals surface area contributed by atoms with Crippen molar-refractivity contribution in [2.45, 2.75) is 13.1 Å². The fraction of sp³-hybridized carbons (Fsp3) is 0.154. The number of amides is 1. The van der Waals surface area contributed by atoms with Crippen LogP contribution in [0.25, 0.3) is 0 Å². The smallest absolute Gasteiger partial charge is 0.416 e. The quantitative estimate of drug-likeness (QED) is 0.0960. The molecule has 0 bridgehead atoms. The van der Waals surface area contributed by atoms with Gasteiger partial charge in [-0.15, -0.1) is 0 Å². The molecule has 0 aliphatic heterocycles. The number of benzene rings is 3. The van der Waals surface area contributed by atoms with Crippen LogP contribution in [0.2, 0.25) is 0 Å². The van der Waals surface area contributed by atoms with E-state index >= 15 is 0 Å². The highest BCUT2D eigenvalue weighted by Gasteiger charge is 2.33. The molecule has 0 fully saturated rings. The van der Waals surface area contributed by atoms with Gasteiger partial charge in [0, 0.05) is 21.7 Å². The highest BCUT2D eigenvalue weighted by atomic mass is 79.9. The van der Waals surface area contributed by atoms with E-state index < -0.39 is 34.0 Å². The average molecular weight is 687 g/mol. The summed E-state index contributed by atoms with van der Waals surface area (Å²) in [6.07, 6.45) is -2.00. The Labute approximate surface area is 243 Å². The highest BCUT2D eigenvalue weighted by Crippen LogP contribution is 2.41. The summed E-state index contributed by atoms with van der Waals surface area (Å²) in [4.78, 5) is 23.2. The normalized spacial score (nSPS) is 11.2. The number of nitrogens with zero attached hydrogens (tertiary/aromatic N) is 2. The predicted molar refractivity (Wildman–Crippen MR) is 148 cm³/mol. The van der Waals surface area contributed by atoms with Crippen LogP contribution in [-0.2, 0) is 6.18 Å².